The van der Waals surface area contributed by atoms with Crippen LogP contribution in [0.1, 0.15) is 20.8 Å². The molecule has 0 amide bonds. The van der Waals surface area contributed by atoms with E-state index in [1.807, 2.05) is 36.4 Å². The first-order chi connectivity index (χ1) is 5.00. The van der Waals surface area contributed by atoms with Crippen LogP contribution in [0.15, 0.2) is 36.4 Å². The highest BCUT2D eigenvalue weighted by Crippen LogP contribution is 1.93. The molecular weight excluding hydrogens is 136 g/mol. The third kappa shape index (κ3) is 17.6. The molecule has 1 N–H and O–H groups in total. The van der Waals surface area contributed by atoms with E-state index >= 15 is 0 Å². The summed E-state index contributed by atoms with van der Waals surface area (Å²) in [6.07, 6.45) is 0. The van der Waals surface area contributed by atoms with Crippen LogP contribution < -0.4 is 0 Å². The van der Waals surface area contributed by atoms with E-state index in [4.69, 9.17) is 5.11 Å². The summed E-state index contributed by atoms with van der Waals surface area (Å²) in [5.41, 5.74) is -0.500. The predicted octanol–water partition coefficient (Wildman–Crippen LogP) is 2.46. The summed E-state index contributed by atoms with van der Waals surface area (Å²) < 4.78 is 0. The van der Waals surface area contributed by atoms with Crippen LogP contribution in [0.4, 0.5) is 0 Å². The molecule has 0 aliphatic rings. The van der Waals surface area contributed by atoms with Crippen molar-refractivity contribution in [1.29, 1.82) is 0 Å². The molecule has 1 heteroatoms. The van der Waals surface area contributed by atoms with E-state index in [1.54, 1.807) is 20.8 Å². The quantitative estimate of drug-likeness (QED) is 0.605. The van der Waals surface area contributed by atoms with Gasteiger partial charge in [0.15, 0.2) is 0 Å². The lowest BCUT2D eigenvalue weighted by atomic mass is 10.2. The maximum atomic E-state index is 8.52. The first kappa shape index (κ1) is 10.2. The third-order valence-corrected chi connectivity index (χ3v) is 0.667. The molecule has 0 radical (unpaired) electrons. The molecule has 11 heavy (non-hydrogen) atoms. The lowest BCUT2D eigenvalue weighted by Crippen LogP contribution is -2.10. The topological polar surface area (TPSA) is 20.2 Å². The van der Waals surface area contributed by atoms with Crippen molar-refractivity contribution >= 4 is 0 Å². The van der Waals surface area contributed by atoms with E-state index in [9.17, 15) is 0 Å². The zero-order valence-corrected chi connectivity index (χ0v) is 7.41. The molecule has 0 fully saturated rings. The largest absolute Gasteiger partial charge is 0.391 e. The lowest BCUT2D eigenvalue weighted by Gasteiger charge is -2.04. The molecule has 1 rings (SSSR count). The van der Waals surface area contributed by atoms with Crippen LogP contribution in [0.5, 0.6) is 0 Å². The molecule has 0 atom stereocenters. The van der Waals surface area contributed by atoms with Gasteiger partial charge in [-0.15, -0.1) is 0 Å². The van der Waals surface area contributed by atoms with Crippen LogP contribution in [0, 0.1) is 0 Å². The van der Waals surface area contributed by atoms with E-state index in [0.29, 0.717) is 0 Å². The first-order valence-corrected chi connectivity index (χ1v) is 3.72. The molecule has 0 aromatic heterocycles. The Balaban J connectivity index is 0.000000187. The molecule has 62 valence electrons. The SMILES string of the molecule is CC(C)(C)O.c1ccccc1. The van der Waals surface area contributed by atoms with Gasteiger partial charge in [-0.25, -0.2) is 0 Å². The Hall–Kier alpha value is -0.820. The Labute approximate surface area is 68.7 Å². The highest BCUT2D eigenvalue weighted by molar-refractivity contribution is 4.99. The van der Waals surface area contributed by atoms with Gasteiger partial charge in [0.2, 0.25) is 0 Å². The van der Waals surface area contributed by atoms with Crippen LogP contribution in [-0.2, 0) is 0 Å². The van der Waals surface area contributed by atoms with Crippen molar-refractivity contribution in [3.63, 3.8) is 0 Å². The molecule has 0 aliphatic carbocycles. The van der Waals surface area contributed by atoms with Crippen molar-refractivity contribution in [3.8, 4) is 0 Å². The van der Waals surface area contributed by atoms with Crippen molar-refractivity contribution < 1.29 is 5.11 Å². The Morgan fingerprint density at radius 1 is 0.727 bits per heavy atom. The van der Waals surface area contributed by atoms with Crippen molar-refractivity contribution in [2.75, 3.05) is 0 Å². The van der Waals surface area contributed by atoms with Crippen LogP contribution in [0.2, 0.25) is 0 Å². The zero-order valence-electron chi connectivity index (χ0n) is 7.41. The van der Waals surface area contributed by atoms with Gasteiger partial charge < -0.3 is 5.11 Å². The second-order valence-electron chi connectivity index (χ2n) is 3.33. The second kappa shape index (κ2) is 4.91. The zero-order chi connectivity index (χ0) is 8.74. The van der Waals surface area contributed by atoms with Crippen LogP contribution >= 0.6 is 0 Å². The summed E-state index contributed by atoms with van der Waals surface area (Å²) in [4.78, 5) is 0. The molecule has 0 heterocycles. The summed E-state index contributed by atoms with van der Waals surface area (Å²) in [6.45, 7) is 5.23. The van der Waals surface area contributed by atoms with Crippen molar-refractivity contribution in [1.82, 2.24) is 0 Å². The van der Waals surface area contributed by atoms with Gasteiger partial charge in [0, 0.05) is 0 Å². The fourth-order valence-electron chi connectivity index (χ4n) is 0.385. The van der Waals surface area contributed by atoms with Gasteiger partial charge in [0.05, 0.1) is 5.60 Å². The van der Waals surface area contributed by atoms with Crippen molar-refractivity contribution in [3.05, 3.63) is 36.4 Å². The van der Waals surface area contributed by atoms with Crippen LogP contribution in [0.3, 0.4) is 0 Å². The first-order valence-electron chi connectivity index (χ1n) is 3.72. The van der Waals surface area contributed by atoms with Gasteiger partial charge >= 0.3 is 0 Å². The summed E-state index contributed by atoms with van der Waals surface area (Å²) in [7, 11) is 0. The van der Waals surface area contributed by atoms with Gasteiger partial charge in [-0.1, -0.05) is 36.4 Å². The molecule has 0 spiro atoms. The number of benzene rings is 1. The van der Waals surface area contributed by atoms with Gasteiger partial charge in [-0.3, -0.25) is 0 Å². The normalized spacial score (nSPS) is 9.82. The number of hydrogen-bond donors (Lipinski definition) is 1. The van der Waals surface area contributed by atoms with E-state index < -0.39 is 5.60 Å². The smallest absolute Gasteiger partial charge is 0.0563 e. The van der Waals surface area contributed by atoms with E-state index in [1.165, 1.54) is 0 Å². The molecule has 1 aromatic rings. The maximum Gasteiger partial charge on any atom is 0.0563 e. The van der Waals surface area contributed by atoms with Crippen LogP contribution in [-0.4, -0.2) is 10.7 Å². The average molecular weight is 152 g/mol. The number of hydrogen-bond acceptors (Lipinski definition) is 1. The van der Waals surface area contributed by atoms with Gasteiger partial charge in [0.1, 0.15) is 0 Å². The molecule has 1 nitrogen and oxygen atoms in total. The molecule has 0 saturated heterocycles. The average Bonchev–Trinajstić information content (AvgIpc) is 1.88. The van der Waals surface area contributed by atoms with Gasteiger partial charge in [-0.2, -0.15) is 0 Å². The predicted molar refractivity (Wildman–Crippen MR) is 48.4 cm³/mol. The lowest BCUT2D eigenvalue weighted by molar-refractivity contribution is 0.102. The molecule has 1 aromatic carbocycles. The summed E-state index contributed by atoms with van der Waals surface area (Å²) >= 11 is 0. The Morgan fingerprint density at radius 2 is 0.818 bits per heavy atom. The summed E-state index contributed by atoms with van der Waals surface area (Å²) in [5, 5.41) is 8.52. The van der Waals surface area contributed by atoms with E-state index in [-0.39, 0.29) is 0 Å². The Morgan fingerprint density at radius 3 is 0.909 bits per heavy atom. The van der Waals surface area contributed by atoms with Crippen LogP contribution in [0.25, 0.3) is 0 Å². The Kier molecular flexibility index (Phi) is 4.55. The minimum Gasteiger partial charge on any atom is -0.391 e. The highest BCUT2D eigenvalue weighted by atomic mass is 16.3. The molecule has 0 saturated carbocycles. The van der Waals surface area contributed by atoms with E-state index in [0.717, 1.165) is 0 Å². The maximum absolute atomic E-state index is 8.52. The number of rotatable bonds is 0. The number of aliphatic hydroxyl groups is 1. The summed E-state index contributed by atoms with van der Waals surface area (Å²) in [5.74, 6) is 0. The van der Waals surface area contributed by atoms with Gasteiger partial charge in [-0.05, 0) is 20.8 Å². The third-order valence-electron chi connectivity index (χ3n) is 0.667. The standard InChI is InChI=1S/C6H6.C4H10O/c1-2-4-6-5-3-1;1-4(2,3)5/h1-6H;5H,1-3H3. The monoisotopic (exact) mass is 152 g/mol. The molecule has 0 aliphatic heterocycles. The van der Waals surface area contributed by atoms with Gasteiger partial charge in [0.25, 0.3) is 0 Å². The summed E-state index contributed by atoms with van der Waals surface area (Å²) in [6, 6.07) is 12.0. The fourth-order valence-corrected chi connectivity index (χ4v) is 0.385. The minimum atomic E-state index is -0.500. The van der Waals surface area contributed by atoms with Crippen molar-refractivity contribution in [2.45, 2.75) is 26.4 Å². The molecular formula is C10H16O. The van der Waals surface area contributed by atoms with Crippen molar-refractivity contribution in [2.24, 2.45) is 0 Å². The molecule has 0 unspecified atom stereocenters. The highest BCUT2D eigenvalue weighted by Gasteiger charge is 1.97. The Bertz CT molecular complexity index is 129. The molecule has 0 bridgehead atoms. The second-order valence-corrected chi connectivity index (χ2v) is 3.33. The minimum absolute atomic E-state index is 0.500. The fraction of sp³-hybridized carbons (Fsp3) is 0.400. The van der Waals surface area contributed by atoms with E-state index in [2.05, 4.69) is 0 Å².